The van der Waals surface area contributed by atoms with Gasteiger partial charge in [0.25, 0.3) is 11.8 Å². The SMILES string of the molecule is O=C1CC[C@@H](C(=O)O)NC(=O)[C@@H]2C[C@@H](NC(=O)COc3ccc(F)cc3)CN2C(=O)[C@@H](NC(=O)c2cc3ccccc3cn2)CCCCN1. The second-order valence-corrected chi connectivity index (χ2v) is 12.0. The molecule has 0 aliphatic carbocycles. The zero-order chi connectivity index (χ0) is 34.9. The Morgan fingerprint density at radius 3 is 2.51 bits per heavy atom. The molecule has 0 bridgehead atoms. The fourth-order valence-electron chi connectivity index (χ4n) is 5.87. The Morgan fingerprint density at radius 2 is 1.76 bits per heavy atom. The molecule has 49 heavy (non-hydrogen) atoms. The number of nitrogens with zero attached hydrogens (tertiary/aromatic N) is 2. The maximum absolute atomic E-state index is 14.2. The number of ether oxygens (including phenoxy) is 1. The van der Waals surface area contributed by atoms with Crippen LogP contribution >= 0.6 is 0 Å². The number of halogens is 1. The summed E-state index contributed by atoms with van der Waals surface area (Å²) in [4.78, 5) is 83.8. The van der Waals surface area contributed by atoms with Crippen molar-refractivity contribution >= 4 is 46.3 Å². The first-order valence-electron chi connectivity index (χ1n) is 16.0. The van der Waals surface area contributed by atoms with Gasteiger partial charge in [-0.3, -0.25) is 29.0 Å². The van der Waals surface area contributed by atoms with Crippen LogP contribution in [0.25, 0.3) is 10.8 Å². The summed E-state index contributed by atoms with van der Waals surface area (Å²) in [5, 5.41) is 22.0. The van der Waals surface area contributed by atoms with Crippen LogP contribution in [0.1, 0.15) is 49.0 Å². The van der Waals surface area contributed by atoms with Crippen LogP contribution in [0.3, 0.4) is 0 Å². The number of carboxylic acid groups (broad SMARTS) is 1. The molecule has 0 spiro atoms. The van der Waals surface area contributed by atoms with E-state index in [1.807, 2.05) is 24.3 Å². The van der Waals surface area contributed by atoms with E-state index in [2.05, 4.69) is 26.3 Å². The fraction of sp³-hybridized carbons (Fsp3) is 0.382. The van der Waals surface area contributed by atoms with Crippen molar-refractivity contribution in [3.05, 3.63) is 72.3 Å². The van der Waals surface area contributed by atoms with Gasteiger partial charge in [-0.15, -0.1) is 0 Å². The Bertz CT molecular complexity index is 1720. The molecule has 15 heteroatoms. The van der Waals surface area contributed by atoms with Crippen molar-refractivity contribution in [3.8, 4) is 5.75 Å². The second-order valence-electron chi connectivity index (χ2n) is 12.0. The Labute approximate surface area is 280 Å². The lowest BCUT2D eigenvalue weighted by Gasteiger charge is -2.29. The van der Waals surface area contributed by atoms with Crippen LogP contribution in [0.2, 0.25) is 0 Å². The zero-order valence-corrected chi connectivity index (χ0v) is 26.5. The molecule has 2 aliphatic rings. The molecule has 2 fully saturated rings. The topological polar surface area (TPSA) is 196 Å². The largest absolute Gasteiger partial charge is 0.484 e. The van der Waals surface area contributed by atoms with Gasteiger partial charge in [-0.1, -0.05) is 24.3 Å². The van der Waals surface area contributed by atoms with Crippen LogP contribution in [-0.4, -0.2) is 94.4 Å². The van der Waals surface area contributed by atoms with E-state index in [9.17, 15) is 38.3 Å². The number of carbonyl (C=O) groups excluding carboxylic acids is 5. The minimum Gasteiger partial charge on any atom is -0.484 e. The first-order chi connectivity index (χ1) is 23.6. The number of amides is 5. The normalized spacial score (nSPS) is 22.1. The van der Waals surface area contributed by atoms with Crippen LogP contribution in [-0.2, 0) is 24.0 Å². The van der Waals surface area contributed by atoms with Crippen molar-refractivity contribution in [3.63, 3.8) is 0 Å². The van der Waals surface area contributed by atoms with E-state index in [1.54, 1.807) is 12.3 Å². The molecule has 5 rings (SSSR count). The zero-order valence-electron chi connectivity index (χ0n) is 26.5. The highest BCUT2D eigenvalue weighted by Crippen LogP contribution is 2.22. The molecule has 0 saturated carbocycles. The third-order valence-electron chi connectivity index (χ3n) is 8.42. The summed E-state index contributed by atoms with van der Waals surface area (Å²) in [6.07, 6.45) is 2.23. The van der Waals surface area contributed by atoms with Crippen LogP contribution in [0, 0.1) is 5.82 Å². The molecule has 3 aromatic rings. The fourth-order valence-corrected chi connectivity index (χ4v) is 5.87. The van der Waals surface area contributed by atoms with Gasteiger partial charge in [0.1, 0.15) is 35.4 Å². The molecule has 5 N–H and O–H groups in total. The summed E-state index contributed by atoms with van der Waals surface area (Å²) < 4.78 is 18.6. The minimum atomic E-state index is -1.41. The van der Waals surface area contributed by atoms with Crippen LogP contribution in [0.5, 0.6) is 5.75 Å². The molecule has 5 amide bonds. The number of carbonyl (C=O) groups is 6. The van der Waals surface area contributed by atoms with Crippen LogP contribution in [0.15, 0.2) is 60.8 Å². The van der Waals surface area contributed by atoms with Crippen molar-refractivity contribution < 1.29 is 43.0 Å². The summed E-state index contributed by atoms with van der Waals surface area (Å²) in [6.45, 7) is -0.268. The summed E-state index contributed by atoms with van der Waals surface area (Å²) in [6, 6.07) is 9.60. The molecule has 0 radical (unpaired) electrons. The van der Waals surface area contributed by atoms with E-state index in [1.165, 1.54) is 29.2 Å². The minimum absolute atomic E-state index is 0.0560. The van der Waals surface area contributed by atoms with Crippen molar-refractivity contribution in [2.75, 3.05) is 19.7 Å². The third kappa shape index (κ3) is 9.27. The van der Waals surface area contributed by atoms with Crippen LogP contribution < -0.4 is 26.0 Å². The number of hydrogen-bond donors (Lipinski definition) is 5. The van der Waals surface area contributed by atoms with E-state index < -0.39 is 66.2 Å². The number of benzene rings is 2. The number of fused-ring (bicyclic) bond motifs is 2. The Morgan fingerprint density at radius 1 is 1.00 bits per heavy atom. The maximum Gasteiger partial charge on any atom is 0.326 e. The van der Waals surface area contributed by atoms with E-state index in [0.717, 1.165) is 10.8 Å². The van der Waals surface area contributed by atoms with Gasteiger partial charge in [-0.2, -0.15) is 0 Å². The van der Waals surface area contributed by atoms with E-state index in [4.69, 9.17) is 4.74 Å². The van der Waals surface area contributed by atoms with Gasteiger partial charge in [0, 0.05) is 37.1 Å². The molecule has 4 atom stereocenters. The molecule has 1 aromatic heterocycles. The van der Waals surface area contributed by atoms with Crippen molar-refractivity contribution in [1.82, 2.24) is 31.2 Å². The summed E-state index contributed by atoms with van der Waals surface area (Å²) >= 11 is 0. The van der Waals surface area contributed by atoms with E-state index in [0.29, 0.717) is 12.8 Å². The highest BCUT2D eigenvalue weighted by atomic mass is 19.1. The number of carboxylic acids is 1. The Balaban J connectivity index is 1.36. The molecule has 2 aliphatic heterocycles. The molecular formula is C34H37FN6O8. The van der Waals surface area contributed by atoms with Crippen molar-refractivity contribution in [1.29, 1.82) is 0 Å². The predicted molar refractivity (Wildman–Crippen MR) is 173 cm³/mol. The van der Waals surface area contributed by atoms with Gasteiger partial charge in [0.05, 0.1) is 0 Å². The number of aromatic nitrogens is 1. The lowest BCUT2D eigenvalue weighted by atomic mass is 10.1. The van der Waals surface area contributed by atoms with E-state index >= 15 is 0 Å². The maximum atomic E-state index is 14.2. The average molecular weight is 677 g/mol. The average Bonchev–Trinajstić information content (AvgIpc) is 3.51. The van der Waals surface area contributed by atoms with Gasteiger partial charge in [-0.05, 0) is 67.8 Å². The van der Waals surface area contributed by atoms with Crippen molar-refractivity contribution in [2.24, 2.45) is 0 Å². The van der Waals surface area contributed by atoms with E-state index in [-0.39, 0.29) is 56.1 Å². The summed E-state index contributed by atoms with van der Waals surface area (Å²) in [5.41, 5.74) is 0.0842. The first-order valence-corrected chi connectivity index (χ1v) is 16.0. The summed E-state index contributed by atoms with van der Waals surface area (Å²) in [7, 11) is 0. The highest BCUT2D eigenvalue weighted by molar-refractivity contribution is 6.00. The lowest BCUT2D eigenvalue weighted by Crippen LogP contribution is -2.55. The molecule has 258 valence electrons. The van der Waals surface area contributed by atoms with Crippen LogP contribution in [0.4, 0.5) is 4.39 Å². The van der Waals surface area contributed by atoms with Gasteiger partial charge in [0.15, 0.2) is 6.61 Å². The Hall–Kier alpha value is -5.60. The standard InChI is InChI=1S/C34H37FN6O8/c35-22-8-10-24(11-9-22)49-19-30(43)38-23-16-28-32(45)40-26(34(47)48)12-13-29(42)36-14-4-3-7-25(33(46)41(28)18-23)39-31(44)27-15-20-5-1-2-6-21(20)17-37-27/h1-2,5-6,8-11,15,17,23,25-26,28H,3-4,7,12-14,16,18-19H2,(H,36,42)(H,38,43)(H,39,44)(H,40,45)(H,47,48)/t23-,25+,26+,28+/m1/s1. The molecule has 14 nitrogen and oxygen atoms in total. The lowest BCUT2D eigenvalue weighted by molar-refractivity contribution is -0.144. The van der Waals surface area contributed by atoms with Crippen molar-refractivity contribution in [2.45, 2.75) is 62.7 Å². The number of aliphatic carboxylic acids is 1. The smallest absolute Gasteiger partial charge is 0.326 e. The van der Waals surface area contributed by atoms with Gasteiger partial charge in [-0.25, -0.2) is 9.18 Å². The number of nitrogens with one attached hydrogen (secondary N) is 4. The van der Waals surface area contributed by atoms with Gasteiger partial charge in [0.2, 0.25) is 17.7 Å². The second kappa shape index (κ2) is 16.0. The quantitative estimate of drug-likeness (QED) is 0.245. The monoisotopic (exact) mass is 676 g/mol. The number of rotatable bonds is 7. The summed E-state index contributed by atoms with van der Waals surface area (Å²) in [5.74, 6) is -4.49. The molecule has 0 unspecified atom stereocenters. The Kier molecular flexibility index (Phi) is 11.3. The molecule has 2 saturated heterocycles. The van der Waals surface area contributed by atoms with Gasteiger partial charge < -0.3 is 36.0 Å². The molecule has 3 heterocycles. The third-order valence-corrected chi connectivity index (χ3v) is 8.42. The number of pyridine rings is 1. The molecule has 2 aromatic carbocycles. The number of hydrogen-bond acceptors (Lipinski definition) is 8. The first kappa shape index (κ1) is 34.7. The molecular weight excluding hydrogens is 639 g/mol. The van der Waals surface area contributed by atoms with Gasteiger partial charge >= 0.3 is 5.97 Å². The predicted octanol–water partition coefficient (Wildman–Crippen LogP) is 1.29. The highest BCUT2D eigenvalue weighted by Gasteiger charge is 2.43.